The summed E-state index contributed by atoms with van der Waals surface area (Å²) in [6.45, 7) is 3.69. The molecule has 2 aromatic carbocycles. The molecule has 1 atom stereocenters. The smallest absolute Gasteiger partial charge is 0.244 e. The van der Waals surface area contributed by atoms with Crippen molar-refractivity contribution in [2.24, 2.45) is 0 Å². The molecule has 0 heterocycles. The van der Waals surface area contributed by atoms with Crippen molar-refractivity contribution < 1.29 is 27.5 Å². The lowest BCUT2D eigenvalue weighted by molar-refractivity contribution is -0.139. The average molecular weight is 492 g/mol. The van der Waals surface area contributed by atoms with E-state index >= 15 is 0 Å². The number of methoxy groups -OCH3 is 2. The lowest BCUT2D eigenvalue weighted by Gasteiger charge is -2.31. The number of rotatable bonds is 12. The fourth-order valence-electron chi connectivity index (χ4n) is 3.31. The second-order valence-electron chi connectivity index (χ2n) is 7.81. The Kier molecular flexibility index (Phi) is 9.73. The van der Waals surface area contributed by atoms with Crippen molar-refractivity contribution in [3.8, 4) is 11.5 Å². The SMILES string of the molecule is CCCNC(=O)[C@H](C)N(Cc1cccc(OC)c1)C(=O)CN(c1ccc(OC)cc1)S(C)(=O)=O. The maximum Gasteiger partial charge on any atom is 0.244 e. The van der Waals surface area contributed by atoms with E-state index in [1.165, 1.54) is 12.0 Å². The first-order chi connectivity index (χ1) is 16.1. The van der Waals surface area contributed by atoms with Gasteiger partial charge in [-0.25, -0.2) is 8.42 Å². The van der Waals surface area contributed by atoms with Crippen LogP contribution in [0.2, 0.25) is 0 Å². The summed E-state index contributed by atoms with van der Waals surface area (Å²) in [5, 5.41) is 2.80. The van der Waals surface area contributed by atoms with Crippen molar-refractivity contribution in [3.63, 3.8) is 0 Å². The van der Waals surface area contributed by atoms with E-state index in [1.54, 1.807) is 56.5 Å². The highest BCUT2D eigenvalue weighted by Crippen LogP contribution is 2.22. The van der Waals surface area contributed by atoms with Crippen LogP contribution in [0.1, 0.15) is 25.8 Å². The summed E-state index contributed by atoms with van der Waals surface area (Å²) < 4.78 is 36.5. The minimum atomic E-state index is -3.79. The molecule has 0 fully saturated rings. The molecule has 2 amide bonds. The lowest BCUT2D eigenvalue weighted by Crippen LogP contribution is -2.51. The predicted molar refractivity (Wildman–Crippen MR) is 131 cm³/mol. The van der Waals surface area contributed by atoms with Gasteiger partial charge in [-0.3, -0.25) is 13.9 Å². The predicted octanol–water partition coefficient (Wildman–Crippen LogP) is 2.41. The van der Waals surface area contributed by atoms with Gasteiger partial charge in [0.1, 0.15) is 24.1 Å². The molecule has 2 rings (SSSR count). The number of amides is 2. The van der Waals surface area contributed by atoms with Crippen LogP contribution in [0.15, 0.2) is 48.5 Å². The highest BCUT2D eigenvalue weighted by atomic mass is 32.2. The summed E-state index contributed by atoms with van der Waals surface area (Å²) >= 11 is 0. The standard InChI is InChI=1S/C24H33N3O6S/c1-6-14-25-24(29)18(2)26(16-19-8-7-9-22(15-19)33-4)23(28)17-27(34(5,30)31)20-10-12-21(32-3)13-11-20/h7-13,15,18H,6,14,16-17H2,1-5H3,(H,25,29)/t18-/m0/s1. The van der Waals surface area contributed by atoms with Gasteiger partial charge in [-0.1, -0.05) is 19.1 Å². The molecule has 1 N–H and O–H groups in total. The van der Waals surface area contributed by atoms with Gasteiger partial charge in [0.25, 0.3) is 0 Å². The molecule has 0 aliphatic heterocycles. The number of sulfonamides is 1. The van der Waals surface area contributed by atoms with Gasteiger partial charge in [-0.15, -0.1) is 0 Å². The van der Waals surface area contributed by atoms with Gasteiger partial charge in [-0.2, -0.15) is 0 Å². The molecular weight excluding hydrogens is 458 g/mol. The Bertz CT molecular complexity index is 1070. The van der Waals surface area contributed by atoms with Gasteiger partial charge in [0.2, 0.25) is 21.8 Å². The van der Waals surface area contributed by atoms with E-state index in [2.05, 4.69) is 5.32 Å². The van der Waals surface area contributed by atoms with Crippen LogP contribution in [0.3, 0.4) is 0 Å². The maximum atomic E-state index is 13.5. The van der Waals surface area contributed by atoms with Crippen LogP contribution in [0.5, 0.6) is 11.5 Å². The highest BCUT2D eigenvalue weighted by molar-refractivity contribution is 7.92. The number of benzene rings is 2. The topological polar surface area (TPSA) is 105 Å². The summed E-state index contributed by atoms with van der Waals surface area (Å²) in [5.41, 5.74) is 1.07. The number of nitrogens with one attached hydrogen (secondary N) is 1. The highest BCUT2D eigenvalue weighted by Gasteiger charge is 2.30. The number of carbonyl (C=O) groups is 2. The fraction of sp³-hybridized carbons (Fsp3) is 0.417. The van der Waals surface area contributed by atoms with Crippen LogP contribution in [-0.2, 0) is 26.2 Å². The van der Waals surface area contributed by atoms with Crippen molar-refractivity contribution in [1.29, 1.82) is 0 Å². The molecule has 0 aliphatic carbocycles. The van der Waals surface area contributed by atoms with Crippen molar-refractivity contribution >= 4 is 27.5 Å². The Morgan fingerprint density at radius 3 is 2.24 bits per heavy atom. The van der Waals surface area contributed by atoms with E-state index in [1.807, 2.05) is 13.0 Å². The van der Waals surface area contributed by atoms with Gasteiger partial charge in [-0.05, 0) is 55.3 Å². The maximum absolute atomic E-state index is 13.5. The van der Waals surface area contributed by atoms with Crippen LogP contribution >= 0.6 is 0 Å². The molecule has 186 valence electrons. The molecule has 0 spiro atoms. The third-order valence-electron chi connectivity index (χ3n) is 5.24. The summed E-state index contributed by atoms with van der Waals surface area (Å²) in [6.07, 6.45) is 1.79. The van der Waals surface area contributed by atoms with E-state index < -0.39 is 28.5 Å². The molecule has 0 radical (unpaired) electrons. The van der Waals surface area contributed by atoms with Gasteiger partial charge >= 0.3 is 0 Å². The third kappa shape index (κ3) is 7.38. The Morgan fingerprint density at radius 2 is 1.68 bits per heavy atom. The largest absolute Gasteiger partial charge is 0.497 e. The van der Waals surface area contributed by atoms with Gasteiger partial charge in [0.15, 0.2) is 0 Å². The first kappa shape index (κ1) is 27.0. The van der Waals surface area contributed by atoms with Crippen LogP contribution in [-0.4, -0.2) is 64.7 Å². The molecule has 0 saturated carbocycles. The van der Waals surface area contributed by atoms with Gasteiger partial charge in [0.05, 0.1) is 26.2 Å². The van der Waals surface area contributed by atoms with Crippen LogP contribution < -0.4 is 19.1 Å². The molecule has 0 aromatic heterocycles. The van der Waals surface area contributed by atoms with Crippen molar-refractivity contribution in [2.45, 2.75) is 32.9 Å². The summed E-state index contributed by atoms with van der Waals surface area (Å²) in [4.78, 5) is 27.5. The fourth-order valence-corrected chi connectivity index (χ4v) is 4.16. The van der Waals surface area contributed by atoms with Crippen LogP contribution in [0.4, 0.5) is 5.69 Å². The zero-order chi connectivity index (χ0) is 25.3. The van der Waals surface area contributed by atoms with Crippen molar-refractivity contribution in [1.82, 2.24) is 10.2 Å². The number of ether oxygens (including phenoxy) is 2. The van der Waals surface area contributed by atoms with Crippen LogP contribution in [0.25, 0.3) is 0 Å². The first-order valence-electron chi connectivity index (χ1n) is 10.9. The number of hydrogen-bond acceptors (Lipinski definition) is 6. The molecule has 0 unspecified atom stereocenters. The molecule has 2 aromatic rings. The first-order valence-corrected chi connectivity index (χ1v) is 12.8. The Morgan fingerprint density at radius 1 is 1.03 bits per heavy atom. The van der Waals surface area contributed by atoms with E-state index in [9.17, 15) is 18.0 Å². The van der Waals surface area contributed by atoms with Crippen molar-refractivity contribution in [2.75, 3.05) is 37.9 Å². The molecular formula is C24H33N3O6S. The quantitative estimate of drug-likeness (QED) is 0.489. The number of anilines is 1. The number of carbonyl (C=O) groups excluding carboxylic acids is 2. The second-order valence-corrected chi connectivity index (χ2v) is 9.71. The monoisotopic (exact) mass is 491 g/mol. The van der Waals surface area contributed by atoms with Gasteiger partial charge < -0.3 is 19.7 Å². The molecule has 34 heavy (non-hydrogen) atoms. The molecule has 0 saturated heterocycles. The van der Waals surface area contributed by atoms with Gasteiger partial charge in [0, 0.05) is 13.1 Å². The van der Waals surface area contributed by atoms with E-state index in [4.69, 9.17) is 9.47 Å². The molecule has 10 heteroatoms. The number of hydrogen-bond donors (Lipinski definition) is 1. The summed E-state index contributed by atoms with van der Waals surface area (Å²) in [7, 11) is -0.734. The number of nitrogens with zero attached hydrogens (tertiary/aromatic N) is 2. The molecule has 0 aliphatic rings. The second kappa shape index (κ2) is 12.3. The third-order valence-corrected chi connectivity index (χ3v) is 6.38. The minimum absolute atomic E-state index is 0.108. The molecule has 0 bridgehead atoms. The van der Waals surface area contributed by atoms with E-state index in [-0.39, 0.29) is 12.5 Å². The summed E-state index contributed by atoms with van der Waals surface area (Å²) in [6, 6.07) is 12.7. The zero-order valence-electron chi connectivity index (χ0n) is 20.3. The zero-order valence-corrected chi connectivity index (χ0v) is 21.1. The Labute approximate surface area is 201 Å². The Hall–Kier alpha value is -3.27. The van der Waals surface area contributed by atoms with E-state index in [0.717, 1.165) is 22.5 Å². The lowest BCUT2D eigenvalue weighted by atomic mass is 10.1. The molecule has 9 nitrogen and oxygen atoms in total. The van der Waals surface area contributed by atoms with Crippen LogP contribution in [0, 0.1) is 0 Å². The summed E-state index contributed by atoms with van der Waals surface area (Å²) in [5.74, 6) is 0.352. The normalized spacial score (nSPS) is 11.9. The minimum Gasteiger partial charge on any atom is -0.497 e. The van der Waals surface area contributed by atoms with Crippen molar-refractivity contribution in [3.05, 3.63) is 54.1 Å². The van der Waals surface area contributed by atoms with E-state index in [0.29, 0.717) is 23.7 Å². The Balaban J connectivity index is 2.37. The average Bonchev–Trinajstić information content (AvgIpc) is 2.83.